The molecule has 0 radical (unpaired) electrons. The Morgan fingerprint density at radius 1 is 0.529 bits per heavy atom. The van der Waals surface area contributed by atoms with Gasteiger partial charge < -0.3 is 0 Å². The molecule has 0 unspecified atom stereocenters. The molecule has 0 aliphatic heterocycles. The van der Waals surface area contributed by atoms with E-state index < -0.39 is 0 Å². The summed E-state index contributed by atoms with van der Waals surface area (Å²) in [6.07, 6.45) is 7.19. The summed E-state index contributed by atoms with van der Waals surface area (Å²) in [5.74, 6) is 0. The molecule has 3 aromatic heterocycles. The smallest absolute Gasteiger partial charge is 0.216 e. The quantitative estimate of drug-likeness (QED) is 0.180. The van der Waals surface area contributed by atoms with Crippen molar-refractivity contribution in [3.05, 3.63) is 147 Å². The molecule has 2 aliphatic rings. The van der Waals surface area contributed by atoms with Gasteiger partial charge in [0.1, 0.15) is 5.00 Å². The largest absolute Gasteiger partial charge is 0.287 e. The van der Waals surface area contributed by atoms with Gasteiger partial charge in [-0.2, -0.15) is 0 Å². The van der Waals surface area contributed by atoms with Gasteiger partial charge >= 0.3 is 0 Å². The molecule has 2 aliphatic carbocycles. The maximum atomic E-state index is 13.7. The first-order valence-electron chi connectivity index (χ1n) is 17.0. The van der Waals surface area contributed by atoms with Gasteiger partial charge in [0.2, 0.25) is 21.7 Å². The normalized spacial score (nSPS) is 15.6. The van der Waals surface area contributed by atoms with E-state index in [4.69, 9.17) is 4.99 Å². The molecule has 3 heterocycles. The topological polar surface area (TPSA) is 93.0 Å². The van der Waals surface area contributed by atoms with Gasteiger partial charge in [-0.3, -0.25) is 19.2 Å². The zero-order valence-electron chi connectivity index (χ0n) is 26.9. The van der Waals surface area contributed by atoms with E-state index in [2.05, 4.69) is 11.1 Å². The highest BCUT2D eigenvalue weighted by Crippen LogP contribution is 2.59. The summed E-state index contributed by atoms with van der Waals surface area (Å²) in [5, 5.41) is 6.02. The number of rotatable bonds is 2. The third-order valence-corrected chi connectivity index (χ3v) is 14.7. The monoisotopic (exact) mass is 716 g/mol. The Bertz CT molecular complexity index is 3250. The molecule has 51 heavy (non-hydrogen) atoms. The number of fused-ring (bicyclic) bond motifs is 10. The van der Waals surface area contributed by atoms with Crippen molar-refractivity contribution < 1.29 is 0 Å². The predicted molar refractivity (Wildman–Crippen MR) is 211 cm³/mol. The summed E-state index contributed by atoms with van der Waals surface area (Å²) in [6.45, 7) is 0. The third kappa shape index (κ3) is 4.02. The zero-order chi connectivity index (χ0) is 34.2. The Morgan fingerprint density at radius 3 is 1.57 bits per heavy atom. The Kier molecular flexibility index (Phi) is 6.03. The van der Waals surface area contributed by atoms with Crippen LogP contribution in [0.3, 0.4) is 0 Å². The second-order valence-electron chi connectivity index (χ2n) is 13.8. The van der Waals surface area contributed by atoms with Crippen LogP contribution in [-0.4, -0.2) is 0 Å². The molecule has 6 aromatic carbocycles. The standard InChI is InChI=1S/C42H24N2O4S3/c45-35-24-14-20-8-2-3-9-21(20)15-25(24)36(46)33(35)43-30-18-28-32(42(30)12-6-1-7-13-42)40-41(49-28)39-29(50-40)19-31(51-39)44-34-37(47)26-16-22-10-4-5-11-23(22)17-27(26)38(34)48/h2-5,8-11,14-19H,1,6-7,12-13H2. The SMILES string of the molecule is O=c1c(=NC2=Cc3sc4c(sc5cc(N=c6c(=O)c7cc8ccccc8cc7c6=O)sc54)c3C23CCCCC3)c(=O)c2cc3ccccc3cc12. The molecular formula is C42H24N2O4S3. The van der Waals surface area contributed by atoms with E-state index in [-0.39, 0.29) is 37.8 Å². The molecule has 0 amide bonds. The highest BCUT2D eigenvalue weighted by Gasteiger charge is 2.46. The van der Waals surface area contributed by atoms with Gasteiger partial charge in [0.25, 0.3) is 0 Å². The first-order chi connectivity index (χ1) is 24.9. The number of allylic oxidation sites excluding steroid dienone is 1. The molecule has 11 rings (SSSR count). The number of nitrogens with zero attached hydrogens (tertiary/aromatic N) is 2. The van der Waals surface area contributed by atoms with E-state index in [0.717, 1.165) is 73.6 Å². The van der Waals surface area contributed by atoms with Gasteiger partial charge in [-0.05, 0) is 70.8 Å². The van der Waals surface area contributed by atoms with Crippen LogP contribution in [0.2, 0.25) is 0 Å². The summed E-state index contributed by atoms with van der Waals surface area (Å²) >= 11 is 4.94. The number of benzene rings is 4. The van der Waals surface area contributed by atoms with E-state index >= 15 is 0 Å². The van der Waals surface area contributed by atoms with Gasteiger partial charge in [-0.1, -0.05) is 67.8 Å². The molecule has 1 spiro atoms. The minimum atomic E-state index is -0.354. The molecule has 9 heteroatoms. The average molecular weight is 717 g/mol. The second-order valence-corrected chi connectivity index (χ2v) is 16.9. The highest BCUT2D eigenvalue weighted by atomic mass is 32.1. The van der Waals surface area contributed by atoms with Crippen molar-refractivity contribution in [2.24, 2.45) is 9.98 Å². The Balaban J connectivity index is 1.07. The van der Waals surface area contributed by atoms with Crippen molar-refractivity contribution in [2.45, 2.75) is 37.5 Å². The predicted octanol–water partition coefficient (Wildman–Crippen LogP) is 8.37. The first-order valence-corrected chi connectivity index (χ1v) is 19.5. The van der Waals surface area contributed by atoms with Crippen LogP contribution in [0.5, 0.6) is 0 Å². The lowest BCUT2D eigenvalue weighted by molar-refractivity contribution is 0.345. The summed E-state index contributed by atoms with van der Waals surface area (Å²) in [4.78, 5) is 65.0. The van der Waals surface area contributed by atoms with Crippen LogP contribution in [0.15, 0.2) is 114 Å². The fourth-order valence-corrected chi connectivity index (χ4v) is 12.8. The van der Waals surface area contributed by atoms with Crippen molar-refractivity contribution in [1.29, 1.82) is 0 Å². The molecule has 0 N–H and O–H groups in total. The molecule has 6 nitrogen and oxygen atoms in total. The first kappa shape index (κ1) is 29.5. The Hall–Kier alpha value is -5.22. The lowest BCUT2D eigenvalue weighted by Crippen LogP contribution is -2.35. The van der Waals surface area contributed by atoms with Crippen molar-refractivity contribution >= 4 is 107 Å². The van der Waals surface area contributed by atoms with Crippen molar-refractivity contribution in [2.75, 3.05) is 0 Å². The Morgan fingerprint density at radius 2 is 1.04 bits per heavy atom. The molecule has 244 valence electrons. The maximum absolute atomic E-state index is 13.7. The van der Waals surface area contributed by atoms with E-state index in [1.54, 1.807) is 34.8 Å². The molecular weight excluding hydrogens is 693 g/mol. The van der Waals surface area contributed by atoms with Crippen molar-refractivity contribution in [1.82, 2.24) is 0 Å². The average Bonchev–Trinajstić information content (AvgIpc) is 3.95. The molecule has 0 saturated heterocycles. The molecule has 0 atom stereocenters. The summed E-state index contributed by atoms with van der Waals surface area (Å²) < 4.78 is 4.56. The minimum Gasteiger partial charge on any atom is -0.287 e. The van der Waals surface area contributed by atoms with Gasteiger partial charge in [0.15, 0.2) is 10.7 Å². The lowest BCUT2D eigenvalue weighted by atomic mass is 9.70. The summed E-state index contributed by atoms with van der Waals surface area (Å²) in [7, 11) is 0. The lowest BCUT2D eigenvalue weighted by Gasteiger charge is -2.35. The fourth-order valence-electron chi connectivity index (χ4n) is 8.57. The molecule has 9 aromatic rings. The van der Waals surface area contributed by atoms with Gasteiger partial charge in [-0.15, -0.1) is 34.0 Å². The number of thiophene rings is 3. The van der Waals surface area contributed by atoms with E-state index in [1.165, 1.54) is 26.3 Å². The van der Waals surface area contributed by atoms with Crippen molar-refractivity contribution in [3.63, 3.8) is 0 Å². The summed E-state index contributed by atoms with van der Waals surface area (Å²) in [5.41, 5.74) is 0.497. The van der Waals surface area contributed by atoms with Crippen LogP contribution in [0.1, 0.15) is 42.5 Å². The number of hydrogen-bond acceptors (Lipinski definition) is 9. The minimum absolute atomic E-state index is 0.0186. The van der Waals surface area contributed by atoms with Gasteiger partial charge in [0, 0.05) is 42.1 Å². The fraction of sp³-hybridized carbons (Fsp3) is 0.143. The van der Waals surface area contributed by atoms with E-state index in [9.17, 15) is 19.2 Å². The van der Waals surface area contributed by atoms with E-state index in [0.29, 0.717) is 26.5 Å². The number of hydrogen-bond donors (Lipinski definition) is 0. The van der Waals surface area contributed by atoms with Crippen LogP contribution in [0.25, 0.3) is 68.0 Å². The third-order valence-electron chi connectivity index (χ3n) is 11.0. The van der Waals surface area contributed by atoms with Gasteiger partial charge in [-0.25, -0.2) is 9.98 Å². The van der Waals surface area contributed by atoms with Crippen LogP contribution in [0, 0.1) is 0 Å². The highest BCUT2D eigenvalue weighted by molar-refractivity contribution is 7.39. The zero-order valence-corrected chi connectivity index (χ0v) is 29.3. The maximum Gasteiger partial charge on any atom is 0.216 e. The van der Waals surface area contributed by atoms with Gasteiger partial charge in [0.05, 0.1) is 19.8 Å². The molecule has 0 bridgehead atoms. The second kappa shape index (κ2) is 10.4. The van der Waals surface area contributed by atoms with Crippen LogP contribution in [0.4, 0.5) is 5.00 Å². The summed E-state index contributed by atoms with van der Waals surface area (Å²) in [6, 6.07) is 24.7. The van der Waals surface area contributed by atoms with Crippen LogP contribution >= 0.6 is 34.0 Å². The van der Waals surface area contributed by atoms with Crippen molar-refractivity contribution in [3.8, 4) is 0 Å². The molecule has 1 saturated carbocycles. The van der Waals surface area contributed by atoms with Crippen LogP contribution in [-0.2, 0) is 5.41 Å². The van der Waals surface area contributed by atoms with E-state index in [1.807, 2.05) is 66.7 Å². The molecule has 1 fully saturated rings. The Labute approximate surface area is 299 Å². The van der Waals surface area contributed by atoms with Crippen LogP contribution < -0.4 is 32.4 Å².